The minimum absolute atomic E-state index is 0.621. The Morgan fingerprint density at radius 1 is 1.12 bits per heavy atom. The highest BCUT2D eigenvalue weighted by Crippen LogP contribution is 1.86. The number of rotatable bonds is 11. The van der Waals surface area contributed by atoms with Crippen LogP contribution in [0.25, 0.3) is 0 Å². The maximum atomic E-state index is 5.44. The monoisotopic (exact) mass is 232 g/mol. The van der Waals surface area contributed by atoms with Crippen molar-refractivity contribution >= 4 is 0 Å². The maximum absolute atomic E-state index is 5.44. The van der Waals surface area contributed by atoms with Crippen LogP contribution < -0.4 is 5.32 Å². The molecule has 0 unspecified atom stereocenters. The molecule has 0 rings (SSSR count). The molecule has 0 aliphatic carbocycles. The molecule has 0 heterocycles. The van der Waals surface area contributed by atoms with E-state index in [-0.39, 0.29) is 0 Å². The van der Waals surface area contributed by atoms with Crippen LogP contribution in [0.15, 0.2) is 0 Å². The van der Waals surface area contributed by atoms with Crippen molar-refractivity contribution in [2.75, 3.05) is 53.2 Å². The largest absolute Gasteiger partial charge is 0.378 e. The lowest BCUT2D eigenvalue weighted by atomic mass is 10.2. The molecule has 0 aromatic heterocycles. The molecular formula is C12H28N2O2. The van der Waals surface area contributed by atoms with Crippen molar-refractivity contribution in [1.82, 2.24) is 10.2 Å². The van der Waals surface area contributed by atoms with Crippen LogP contribution in [0.2, 0.25) is 0 Å². The normalized spacial score (nSPS) is 11.6. The number of nitrogens with one attached hydrogen (secondary N) is 1. The quantitative estimate of drug-likeness (QED) is 0.428. The van der Waals surface area contributed by atoms with E-state index in [1.54, 1.807) is 0 Å². The zero-order chi connectivity index (χ0) is 12.2. The Balaban J connectivity index is 2.99. The highest BCUT2D eigenvalue weighted by molar-refractivity contribution is 4.46. The van der Waals surface area contributed by atoms with Crippen LogP contribution in [0.3, 0.4) is 0 Å². The lowest BCUT2D eigenvalue weighted by Gasteiger charge is -2.13. The van der Waals surface area contributed by atoms with Crippen LogP contribution >= 0.6 is 0 Å². The molecule has 0 atom stereocenters. The van der Waals surface area contributed by atoms with E-state index in [1.807, 2.05) is 0 Å². The summed E-state index contributed by atoms with van der Waals surface area (Å²) in [6.07, 6.45) is 0. The lowest BCUT2D eigenvalue weighted by Crippen LogP contribution is -2.25. The molecule has 0 fully saturated rings. The van der Waals surface area contributed by atoms with E-state index in [4.69, 9.17) is 9.47 Å². The summed E-state index contributed by atoms with van der Waals surface area (Å²) in [5.74, 6) is 0.671. The molecule has 16 heavy (non-hydrogen) atoms. The first-order valence-electron chi connectivity index (χ1n) is 6.21. The predicted octanol–water partition coefficient (Wildman–Crippen LogP) is 1.17. The Morgan fingerprint density at radius 2 is 1.81 bits per heavy atom. The average Bonchev–Trinajstić information content (AvgIpc) is 2.26. The summed E-state index contributed by atoms with van der Waals surface area (Å²) < 4.78 is 10.8. The Hall–Kier alpha value is -0.160. The van der Waals surface area contributed by atoms with Gasteiger partial charge in [0.05, 0.1) is 26.6 Å². The number of nitrogens with zero attached hydrogens (tertiary/aromatic N) is 1. The van der Waals surface area contributed by atoms with E-state index in [2.05, 4.69) is 38.0 Å². The number of hydrogen-bond acceptors (Lipinski definition) is 4. The number of ether oxygens (including phenoxy) is 2. The zero-order valence-corrected chi connectivity index (χ0v) is 11.3. The number of likely N-dealkylation sites (N-methyl/N-ethyl adjacent to an activating group) is 1. The second kappa shape index (κ2) is 11.3. The Bertz CT molecular complexity index is 143. The molecule has 98 valence electrons. The molecule has 0 aliphatic rings. The molecule has 0 radical (unpaired) electrons. The fourth-order valence-corrected chi connectivity index (χ4v) is 1.09. The minimum Gasteiger partial charge on any atom is -0.378 e. The molecule has 0 aromatic carbocycles. The molecule has 0 bridgehead atoms. The Morgan fingerprint density at radius 3 is 2.44 bits per heavy atom. The maximum Gasteiger partial charge on any atom is 0.0966 e. The van der Waals surface area contributed by atoms with E-state index >= 15 is 0 Å². The SMILES string of the molecule is CCN(C)CCOCCOCNCC(C)C. The Kier molecular flexibility index (Phi) is 11.2. The molecule has 1 N–H and O–H groups in total. The van der Waals surface area contributed by atoms with Gasteiger partial charge in [-0.05, 0) is 26.1 Å². The van der Waals surface area contributed by atoms with Crippen LogP contribution in [0, 0.1) is 5.92 Å². The van der Waals surface area contributed by atoms with Crippen LogP contribution in [0.4, 0.5) is 0 Å². The molecule has 0 spiro atoms. The van der Waals surface area contributed by atoms with Crippen LogP contribution in [0.1, 0.15) is 20.8 Å². The molecule has 0 saturated carbocycles. The van der Waals surface area contributed by atoms with Gasteiger partial charge in [0.2, 0.25) is 0 Å². The zero-order valence-electron chi connectivity index (χ0n) is 11.3. The second-order valence-electron chi connectivity index (χ2n) is 4.41. The highest BCUT2D eigenvalue weighted by Gasteiger charge is 1.95. The first-order valence-corrected chi connectivity index (χ1v) is 6.21. The van der Waals surface area contributed by atoms with Gasteiger partial charge in [-0.25, -0.2) is 0 Å². The van der Waals surface area contributed by atoms with E-state index < -0.39 is 0 Å². The van der Waals surface area contributed by atoms with Crippen molar-refractivity contribution in [2.24, 2.45) is 5.92 Å². The van der Waals surface area contributed by atoms with Crippen molar-refractivity contribution in [3.63, 3.8) is 0 Å². The van der Waals surface area contributed by atoms with E-state index in [0.717, 1.165) is 26.2 Å². The van der Waals surface area contributed by atoms with Gasteiger partial charge in [-0.2, -0.15) is 0 Å². The Labute approximate surface area is 100 Å². The number of hydrogen-bond donors (Lipinski definition) is 1. The standard InChI is InChI=1S/C12H28N2O2/c1-5-14(4)6-7-15-8-9-16-11-13-10-12(2)3/h12-13H,5-11H2,1-4H3. The van der Waals surface area contributed by atoms with Gasteiger partial charge in [-0.3, -0.25) is 5.32 Å². The van der Waals surface area contributed by atoms with Gasteiger partial charge in [0.25, 0.3) is 0 Å². The van der Waals surface area contributed by atoms with Crippen molar-refractivity contribution in [2.45, 2.75) is 20.8 Å². The fraction of sp³-hybridized carbons (Fsp3) is 1.00. The molecule has 0 amide bonds. The third-order valence-electron chi connectivity index (χ3n) is 2.29. The third kappa shape index (κ3) is 11.9. The van der Waals surface area contributed by atoms with E-state index in [0.29, 0.717) is 25.9 Å². The van der Waals surface area contributed by atoms with Gasteiger partial charge in [0, 0.05) is 6.54 Å². The third-order valence-corrected chi connectivity index (χ3v) is 2.29. The van der Waals surface area contributed by atoms with Gasteiger partial charge in [0.15, 0.2) is 0 Å². The molecular weight excluding hydrogens is 204 g/mol. The summed E-state index contributed by atoms with van der Waals surface area (Å²) in [4.78, 5) is 2.23. The highest BCUT2D eigenvalue weighted by atomic mass is 16.5. The second-order valence-corrected chi connectivity index (χ2v) is 4.41. The van der Waals surface area contributed by atoms with Crippen LogP contribution in [-0.2, 0) is 9.47 Å². The van der Waals surface area contributed by atoms with Gasteiger partial charge in [-0.1, -0.05) is 20.8 Å². The van der Waals surface area contributed by atoms with E-state index in [9.17, 15) is 0 Å². The molecule has 0 saturated heterocycles. The first kappa shape index (κ1) is 15.8. The van der Waals surface area contributed by atoms with Gasteiger partial charge < -0.3 is 14.4 Å². The van der Waals surface area contributed by atoms with Crippen molar-refractivity contribution in [3.05, 3.63) is 0 Å². The molecule has 0 aliphatic heterocycles. The summed E-state index contributed by atoms with van der Waals surface area (Å²) >= 11 is 0. The topological polar surface area (TPSA) is 33.7 Å². The molecule has 4 heteroatoms. The van der Waals surface area contributed by atoms with Crippen LogP contribution in [0.5, 0.6) is 0 Å². The van der Waals surface area contributed by atoms with Gasteiger partial charge >= 0.3 is 0 Å². The molecule has 0 aromatic rings. The van der Waals surface area contributed by atoms with E-state index in [1.165, 1.54) is 0 Å². The average molecular weight is 232 g/mol. The van der Waals surface area contributed by atoms with Crippen LogP contribution in [-0.4, -0.2) is 58.1 Å². The summed E-state index contributed by atoms with van der Waals surface area (Å²) in [6.45, 7) is 12.3. The van der Waals surface area contributed by atoms with Crippen molar-refractivity contribution < 1.29 is 9.47 Å². The summed E-state index contributed by atoms with van der Waals surface area (Å²) in [7, 11) is 2.09. The summed E-state index contributed by atoms with van der Waals surface area (Å²) in [5, 5.41) is 3.22. The van der Waals surface area contributed by atoms with Gasteiger partial charge in [-0.15, -0.1) is 0 Å². The molecule has 4 nitrogen and oxygen atoms in total. The van der Waals surface area contributed by atoms with Crippen molar-refractivity contribution in [1.29, 1.82) is 0 Å². The minimum atomic E-state index is 0.621. The first-order chi connectivity index (χ1) is 7.66. The lowest BCUT2D eigenvalue weighted by molar-refractivity contribution is 0.0343. The predicted molar refractivity (Wildman–Crippen MR) is 67.6 cm³/mol. The fourth-order valence-electron chi connectivity index (χ4n) is 1.09. The van der Waals surface area contributed by atoms with Gasteiger partial charge in [0.1, 0.15) is 0 Å². The summed E-state index contributed by atoms with van der Waals surface area (Å²) in [5.41, 5.74) is 0. The smallest absolute Gasteiger partial charge is 0.0966 e. The summed E-state index contributed by atoms with van der Waals surface area (Å²) in [6, 6.07) is 0. The van der Waals surface area contributed by atoms with Crippen molar-refractivity contribution in [3.8, 4) is 0 Å².